The summed E-state index contributed by atoms with van der Waals surface area (Å²) in [6.45, 7) is 2.20. The fourth-order valence-corrected chi connectivity index (χ4v) is 3.58. The molecule has 2 heteroatoms. The first-order valence-electron chi connectivity index (χ1n) is 6.97. The lowest BCUT2D eigenvalue weighted by Gasteiger charge is -2.31. The van der Waals surface area contributed by atoms with E-state index in [1.165, 1.54) is 12.8 Å². The van der Waals surface area contributed by atoms with Gasteiger partial charge in [-0.2, -0.15) is 0 Å². The minimum Gasteiger partial charge on any atom is -0.388 e. The van der Waals surface area contributed by atoms with E-state index in [0.29, 0.717) is 0 Å². The van der Waals surface area contributed by atoms with Crippen molar-refractivity contribution in [3.63, 3.8) is 0 Å². The highest BCUT2D eigenvalue weighted by atomic mass is 35.5. The zero-order chi connectivity index (χ0) is 13.5. The van der Waals surface area contributed by atoms with Crippen LogP contribution in [0.25, 0.3) is 10.8 Å². The Balaban J connectivity index is 2.12. The van der Waals surface area contributed by atoms with Crippen molar-refractivity contribution in [2.45, 2.75) is 38.7 Å². The van der Waals surface area contributed by atoms with Crippen LogP contribution in [0.3, 0.4) is 0 Å². The average Bonchev–Trinajstić information content (AvgIpc) is 2.87. The lowest BCUT2D eigenvalue weighted by molar-refractivity contribution is 0.0420. The maximum atomic E-state index is 10.8. The molecule has 1 aliphatic carbocycles. The molecule has 0 heterocycles. The first-order valence-corrected chi connectivity index (χ1v) is 7.35. The third-order valence-electron chi connectivity index (χ3n) is 4.61. The van der Waals surface area contributed by atoms with Crippen molar-refractivity contribution < 1.29 is 5.11 Å². The summed E-state index contributed by atoms with van der Waals surface area (Å²) in [4.78, 5) is 0. The Morgan fingerprint density at radius 3 is 2.37 bits per heavy atom. The van der Waals surface area contributed by atoms with Crippen molar-refractivity contribution in [1.29, 1.82) is 0 Å². The topological polar surface area (TPSA) is 20.2 Å². The second-order valence-electron chi connectivity index (χ2n) is 5.95. The van der Waals surface area contributed by atoms with Gasteiger partial charge in [0.2, 0.25) is 0 Å². The van der Waals surface area contributed by atoms with Crippen LogP contribution in [0.4, 0.5) is 0 Å². The molecule has 0 aliphatic heterocycles. The van der Waals surface area contributed by atoms with Crippen molar-refractivity contribution in [3.8, 4) is 0 Å². The fourth-order valence-electron chi connectivity index (χ4n) is 3.36. The van der Waals surface area contributed by atoms with Crippen LogP contribution in [0.2, 0.25) is 5.02 Å². The molecule has 0 bridgehead atoms. The molecule has 0 radical (unpaired) electrons. The number of hydrogen-bond acceptors (Lipinski definition) is 1. The molecule has 1 nitrogen and oxygen atoms in total. The maximum Gasteiger partial charge on any atom is 0.0849 e. The van der Waals surface area contributed by atoms with Gasteiger partial charge in [-0.25, -0.2) is 0 Å². The van der Waals surface area contributed by atoms with Crippen LogP contribution in [-0.4, -0.2) is 5.11 Å². The van der Waals surface area contributed by atoms with Gasteiger partial charge in [0.25, 0.3) is 0 Å². The second-order valence-corrected chi connectivity index (χ2v) is 6.35. The van der Waals surface area contributed by atoms with E-state index in [0.717, 1.165) is 34.2 Å². The van der Waals surface area contributed by atoms with Crippen molar-refractivity contribution in [2.75, 3.05) is 0 Å². The normalized spacial score (nSPS) is 19.7. The van der Waals surface area contributed by atoms with Crippen molar-refractivity contribution in [2.24, 2.45) is 5.41 Å². The highest BCUT2D eigenvalue weighted by Crippen LogP contribution is 2.48. The smallest absolute Gasteiger partial charge is 0.0849 e. The molecular weight excluding hydrogens is 256 g/mol. The summed E-state index contributed by atoms with van der Waals surface area (Å²) in [6, 6.07) is 12.0. The minimum atomic E-state index is -0.405. The standard InChI is InChI=1S/C17H19ClO/c1-17(10-4-5-11-17)16(19)14-8-9-15(18)13-7-3-2-6-12(13)14/h2-3,6-9,16,19H,4-5,10-11H2,1H3. The molecule has 2 aromatic rings. The van der Waals surface area contributed by atoms with Crippen LogP contribution in [0.15, 0.2) is 36.4 Å². The minimum absolute atomic E-state index is 0.0105. The molecular formula is C17H19ClO. The Labute approximate surface area is 119 Å². The van der Waals surface area contributed by atoms with E-state index in [-0.39, 0.29) is 5.41 Å². The summed E-state index contributed by atoms with van der Waals surface area (Å²) in [7, 11) is 0. The molecule has 0 spiro atoms. The number of aliphatic hydroxyl groups excluding tert-OH is 1. The molecule has 1 N–H and O–H groups in total. The molecule has 0 amide bonds. The molecule has 2 aromatic carbocycles. The van der Waals surface area contributed by atoms with E-state index < -0.39 is 6.10 Å². The van der Waals surface area contributed by atoms with Gasteiger partial charge in [0.05, 0.1) is 6.10 Å². The number of benzene rings is 2. The molecule has 1 aliphatic rings. The maximum absolute atomic E-state index is 10.8. The Kier molecular flexibility index (Phi) is 3.28. The Morgan fingerprint density at radius 2 is 1.68 bits per heavy atom. The fraction of sp³-hybridized carbons (Fsp3) is 0.412. The molecule has 1 saturated carbocycles. The zero-order valence-corrected chi connectivity index (χ0v) is 12.0. The summed E-state index contributed by atoms with van der Waals surface area (Å²) >= 11 is 6.25. The predicted molar refractivity (Wildman–Crippen MR) is 80.5 cm³/mol. The molecule has 1 fully saturated rings. The van der Waals surface area contributed by atoms with E-state index in [4.69, 9.17) is 11.6 Å². The van der Waals surface area contributed by atoms with Crippen LogP contribution in [0.1, 0.15) is 44.3 Å². The summed E-state index contributed by atoms with van der Waals surface area (Å²) in [5, 5.41) is 13.7. The zero-order valence-electron chi connectivity index (χ0n) is 11.2. The Bertz CT molecular complexity index is 599. The predicted octanol–water partition coefficient (Wildman–Crippen LogP) is 5.11. The number of hydrogen-bond donors (Lipinski definition) is 1. The van der Waals surface area contributed by atoms with Gasteiger partial charge in [0, 0.05) is 10.4 Å². The van der Waals surface area contributed by atoms with E-state index in [1.54, 1.807) is 0 Å². The van der Waals surface area contributed by atoms with Gasteiger partial charge in [-0.15, -0.1) is 0 Å². The quantitative estimate of drug-likeness (QED) is 0.807. The molecule has 100 valence electrons. The van der Waals surface area contributed by atoms with Gasteiger partial charge >= 0.3 is 0 Å². The summed E-state index contributed by atoms with van der Waals surface area (Å²) in [5.74, 6) is 0. The largest absolute Gasteiger partial charge is 0.388 e. The molecule has 1 atom stereocenters. The second kappa shape index (κ2) is 4.81. The lowest BCUT2D eigenvalue weighted by atomic mass is 9.78. The highest BCUT2D eigenvalue weighted by Gasteiger charge is 2.37. The first-order chi connectivity index (χ1) is 9.12. The summed E-state index contributed by atoms with van der Waals surface area (Å²) < 4.78 is 0. The van der Waals surface area contributed by atoms with E-state index in [9.17, 15) is 5.11 Å². The number of aliphatic hydroxyl groups is 1. The molecule has 0 aromatic heterocycles. The van der Waals surface area contributed by atoms with Crippen molar-refractivity contribution in [1.82, 2.24) is 0 Å². The third-order valence-corrected chi connectivity index (χ3v) is 4.93. The molecule has 19 heavy (non-hydrogen) atoms. The summed E-state index contributed by atoms with van der Waals surface area (Å²) in [6.07, 6.45) is 4.24. The number of rotatable bonds is 2. The lowest BCUT2D eigenvalue weighted by Crippen LogP contribution is -2.22. The SMILES string of the molecule is CC1(C(O)c2ccc(Cl)c3ccccc23)CCCC1. The van der Waals surface area contributed by atoms with Gasteiger partial charge in [-0.1, -0.05) is 61.7 Å². The van der Waals surface area contributed by atoms with Gasteiger partial charge < -0.3 is 5.11 Å². The van der Waals surface area contributed by atoms with E-state index in [2.05, 4.69) is 13.0 Å². The number of fused-ring (bicyclic) bond motifs is 1. The third kappa shape index (κ3) is 2.15. The van der Waals surface area contributed by atoms with Crippen LogP contribution in [0, 0.1) is 5.41 Å². The highest BCUT2D eigenvalue weighted by molar-refractivity contribution is 6.35. The van der Waals surface area contributed by atoms with Gasteiger partial charge in [-0.05, 0) is 35.3 Å². The molecule has 1 unspecified atom stereocenters. The van der Waals surface area contributed by atoms with Crippen molar-refractivity contribution >= 4 is 22.4 Å². The van der Waals surface area contributed by atoms with Crippen LogP contribution in [-0.2, 0) is 0 Å². The van der Waals surface area contributed by atoms with E-state index in [1.807, 2.05) is 30.3 Å². The Morgan fingerprint density at radius 1 is 1.05 bits per heavy atom. The van der Waals surface area contributed by atoms with Gasteiger partial charge in [0.15, 0.2) is 0 Å². The van der Waals surface area contributed by atoms with Crippen molar-refractivity contribution in [3.05, 3.63) is 47.0 Å². The summed E-state index contributed by atoms with van der Waals surface area (Å²) in [5.41, 5.74) is 1.03. The first kappa shape index (κ1) is 13.0. The van der Waals surface area contributed by atoms with Gasteiger partial charge in [0.1, 0.15) is 0 Å². The monoisotopic (exact) mass is 274 g/mol. The van der Waals surface area contributed by atoms with Crippen LogP contribution >= 0.6 is 11.6 Å². The van der Waals surface area contributed by atoms with Crippen LogP contribution < -0.4 is 0 Å². The van der Waals surface area contributed by atoms with E-state index >= 15 is 0 Å². The number of halogens is 1. The van der Waals surface area contributed by atoms with Gasteiger partial charge in [-0.3, -0.25) is 0 Å². The molecule has 3 rings (SSSR count). The average molecular weight is 275 g/mol. The van der Waals surface area contributed by atoms with Crippen LogP contribution in [0.5, 0.6) is 0 Å². The molecule has 0 saturated heterocycles. The Hall–Kier alpha value is -1.05.